The Morgan fingerprint density at radius 3 is 2.30 bits per heavy atom. The third kappa shape index (κ3) is 5.87. The smallest absolute Gasteiger partial charge is 0.230 e. The zero-order valence-corrected chi connectivity index (χ0v) is 14.2. The summed E-state index contributed by atoms with van der Waals surface area (Å²) in [6, 6.07) is 15.4. The summed E-state index contributed by atoms with van der Waals surface area (Å²) in [6.07, 6.45) is 0. The quantitative estimate of drug-likeness (QED) is 0.752. The molecule has 5 heteroatoms. The van der Waals surface area contributed by atoms with Crippen LogP contribution in [0.3, 0.4) is 0 Å². The van der Waals surface area contributed by atoms with Gasteiger partial charge in [-0.2, -0.15) is 0 Å². The second-order valence-corrected chi connectivity index (χ2v) is 5.87. The summed E-state index contributed by atoms with van der Waals surface area (Å²) in [5, 5.41) is 2.91. The van der Waals surface area contributed by atoms with Crippen LogP contribution in [0.5, 0.6) is 11.5 Å². The number of carbonyl (C=O) groups excluding carboxylic acids is 1. The monoisotopic (exact) mass is 331 g/mol. The fraction of sp³-hybridized carbons (Fsp3) is 0.278. The van der Waals surface area contributed by atoms with Crippen molar-refractivity contribution in [3.63, 3.8) is 0 Å². The SMILES string of the molecule is CCOc1ccc(SCC(=O)NCc2ccc(OC)cc2)cc1. The summed E-state index contributed by atoms with van der Waals surface area (Å²) in [5.74, 6) is 2.07. The number of methoxy groups -OCH3 is 1. The maximum absolute atomic E-state index is 11.9. The van der Waals surface area contributed by atoms with Crippen molar-refractivity contribution in [3.05, 3.63) is 54.1 Å². The van der Waals surface area contributed by atoms with Crippen molar-refractivity contribution >= 4 is 17.7 Å². The van der Waals surface area contributed by atoms with Crippen LogP contribution < -0.4 is 14.8 Å². The minimum atomic E-state index is 0.0136. The number of thioether (sulfide) groups is 1. The highest BCUT2D eigenvalue weighted by Gasteiger charge is 2.04. The minimum absolute atomic E-state index is 0.0136. The highest BCUT2D eigenvalue weighted by atomic mass is 32.2. The Balaban J connectivity index is 1.73. The Morgan fingerprint density at radius 1 is 1.04 bits per heavy atom. The van der Waals surface area contributed by atoms with Gasteiger partial charge in [-0.1, -0.05) is 12.1 Å². The Kier molecular flexibility index (Phi) is 6.81. The molecular weight excluding hydrogens is 310 g/mol. The Hall–Kier alpha value is -2.14. The Labute approximate surface area is 141 Å². The lowest BCUT2D eigenvalue weighted by Gasteiger charge is -2.07. The van der Waals surface area contributed by atoms with Crippen LogP contribution in [-0.2, 0) is 11.3 Å². The molecule has 0 aromatic heterocycles. The van der Waals surface area contributed by atoms with Crippen molar-refractivity contribution in [2.75, 3.05) is 19.5 Å². The zero-order valence-electron chi connectivity index (χ0n) is 13.4. The first-order valence-electron chi connectivity index (χ1n) is 7.46. The van der Waals surface area contributed by atoms with E-state index in [1.165, 1.54) is 11.8 Å². The highest BCUT2D eigenvalue weighted by molar-refractivity contribution is 8.00. The van der Waals surface area contributed by atoms with Gasteiger partial charge in [0.1, 0.15) is 11.5 Å². The first-order chi connectivity index (χ1) is 11.2. The Morgan fingerprint density at radius 2 is 1.70 bits per heavy atom. The number of rotatable bonds is 8. The van der Waals surface area contributed by atoms with E-state index in [0.717, 1.165) is 22.0 Å². The predicted molar refractivity (Wildman–Crippen MR) is 93.2 cm³/mol. The predicted octanol–water partition coefficient (Wildman–Crippen LogP) is 3.50. The first kappa shape index (κ1) is 17.2. The third-order valence-corrected chi connectivity index (χ3v) is 4.17. The summed E-state index contributed by atoms with van der Waals surface area (Å²) >= 11 is 1.51. The lowest BCUT2D eigenvalue weighted by molar-refractivity contribution is -0.118. The van der Waals surface area contributed by atoms with Gasteiger partial charge in [-0.05, 0) is 48.9 Å². The number of hydrogen-bond donors (Lipinski definition) is 1. The lowest BCUT2D eigenvalue weighted by atomic mass is 10.2. The average molecular weight is 331 g/mol. The minimum Gasteiger partial charge on any atom is -0.497 e. The van der Waals surface area contributed by atoms with Crippen LogP contribution in [0.4, 0.5) is 0 Å². The van der Waals surface area contributed by atoms with Crippen molar-refractivity contribution in [3.8, 4) is 11.5 Å². The zero-order chi connectivity index (χ0) is 16.5. The van der Waals surface area contributed by atoms with E-state index in [1.807, 2.05) is 55.5 Å². The van der Waals surface area contributed by atoms with Gasteiger partial charge in [0.2, 0.25) is 5.91 Å². The average Bonchev–Trinajstić information content (AvgIpc) is 2.60. The molecule has 0 aliphatic carbocycles. The van der Waals surface area contributed by atoms with E-state index in [0.29, 0.717) is 18.9 Å². The number of ether oxygens (including phenoxy) is 2. The molecule has 0 fully saturated rings. The van der Waals surface area contributed by atoms with Gasteiger partial charge < -0.3 is 14.8 Å². The van der Waals surface area contributed by atoms with Gasteiger partial charge in [0.25, 0.3) is 0 Å². The normalized spacial score (nSPS) is 10.2. The van der Waals surface area contributed by atoms with Crippen LogP contribution in [0.25, 0.3) is 0 Å². The van der Waals surface area contributed by atoms with Gasteiger partial charge in [0.05, 0.1) is 19.5 Å². The van der Waals surface area contributed by atoms with Crippen LogP contribution in [0.1, 0.15) is 12.5 Å². The second-order valence-electron chi connectivity index (χ2n) is 4.82. The molecule has 0 bridgehead atoms. The largest absolute Gasteiger partial charge is 0.497 e. The molecule has 4 nitrogen and oxygen atoms in total. The van der Waals surface area contributed by atoms with Crippen molar-refractivity contribution in [1.29, 1.82) is 0 Å². The molecule has 0 aliphatic heterocycles. The number of hydrogen-bond acceptors (Lipinski definition) is 4. The van der Waals surface area contributed by atoms with Crippen molar-refractivity contribution in [2.24, 2.45) is 0 Å². The molecule has 122 valence electrons. The van der Waals surface area contributed by atoms with E-state index in [1.54, 1.807) is 7.11 Å². The highest BCUT2D eigenvalue weighted by Crippen LogP contribution is 2.21. The molecule has 0 heterocycles. The van der Waals surface area contributed by atoms with Crippen LogP contribution in [0.15, 0.2) is 53.4 Å². The van der Waals surface area contributed by atoms with Gasteiger partial charge in [-0.15, -0.1) is 11.8 Å². The molecule has 0 saturated heterocycles. The van der Waals surface area contributed by atoms with Crippen molar-refractivity contribution < 1.29 is 14.3 Å². The van der Waals surface area contributed by atoms with Gasteiger partial charge in [-0.25, -0.2) is 0 Å². The molecule has 23 heavy (non-hydrogen) atoms. The van der Waals surface area contributed by atoms with Crippen LogP contribution in [0, 0.1) is 0 Å². The summed E-state index contributed by atoms with van der Waals surface area (Å²) in [7, 11) is 1.63. The summed E-state index contributed by atoms with van der Waals surface area (Å²) in [6.45, 7) is 3.13. The van der Waals surface area contributed by atoms with E-state index < -0.39 is 0 Å². The molecule has 2 rings (SSSR count). The molecule has 2 aromatic rings. The molecule has 0 unspecified atom stereocenters. The Bertz CT molecular complexity index is 611. The molecule has 0 aliphatic rings. The van der Waals surface area contributed by atoms with E-state index in [-0.39, 0.29) is 5.91 Å². The molecule has 0 spiro atoms. The maximum Gasteiger partial charge on any atom is 0.230 e. The number of benzene rings is 2. The van der Waals surface area contributed by atoms with Crippen LogP contribution >= 0.6 is 11.8 Å². The van der Waals surface area contributed by atoms with Crippen molar-refractivity contribution in [2.45, 2.75) is 18.4 Å². The molecule has 0 saturated carbocycles. The lowest BCUT2D eigenvalue weighted by Crippen LogP contribution is -2.24. The summed E-state index contributed by atoms with van der Waals surface area (Å²) < 4.78 is 10.5. The third-order valence-electron chi connectivity index (χ3n) is 3.15. The maximum atomic E-state index is 11.9. The van der Waals surface area contributed by atoms with E-state index in [4.69, 9.17) is 9.47 Å². The first-order valence-corrected chi connectivity index (χ1v) is 8.45. The fourth-order valence-electron chi connectivity index (χ4n) is 1.94. The standard InChI is InChI=1S/C18H21NO3S/c1-3-22-16-8-10-17(11-9-16)23-13-18(20)19-12-14-4-6-15(21-2)7-5-14/h4-11H,3,12-13H2,1-2H3,(H,19,20). The van der Waals surface area contributed by atoms with Gasteiger partial charge in [0.15, 0.2) is 0 Å². The summed E-state index contributed by atoms with van der Waals surface area (Å²) in [4.78, 5) is 13.0. The van der Waals surface area contributed by atoms with E-state index in [9.17, 15) is 4.79 Å². The molecular formula is C18H21NO3S. The van der Waals surface area contributed by atoms with E-state index >= 15 is 0 Å². The molecule has 2 aromatic carbocycles. The van der Waals surface area contributed by atoms with Crippen LogP contribution in [0.2, 0.25) is 0 Å². The molecule has 1 N–H and O–H groups in total. The molecule has 0 radical (unpaired) electrons. The topological polar surface area (TPSA) is 47.6 Å². The fourth-order valence-corrected chi connectivity index (χ4v) is 2.67. The van der Waals surface area contributed by atoms with Gasteiger partial charge in [0, 0.05) is 11.4 Å². The number of amides is 1. The number of carbonyl (C=O) groups is 1. The molecule has 1 amide bonds. The molecule has 0 atom stereocenters. The number of nitrogens with one attached hydrogen (secondary N) is 1. The van der Waals surface area contributed by atoms with Crippen LogP contribution in [-0.4, -0.2) is 25.4 Å². The van der Waals surface area contributed by atoms with Gasteiger partial charge in [-0.3, -0.25) is 4.79 Å². The van der Waals surface area contributed by atoms with Crippen molar-refractivity contribution in [1.82, 2.24) is 5.32 Å². The van der Waals surface area contributed by atoms with E-state index in [2.05, 4.69) is 5.32 Å². The second kappa shape index (κ2) is 9.10. The van der Waals surface area contributed by atoms with Gasteiger partial charge >= 0.3 is 0 Å². The summed E-state index contributed by atoms with van der Waals surface area (Å²) in [5.41, 5.74) is 1.05.